The van der Waals surface area contributed by atoms with Gasteiger partial charge in [0.05, 0.1) is 6.10 Å². The Morgan fingerprint density at radius 3 is 2.88 bits per heavy atom. The van der Waals surface area contributed by atoms with Gasteiger partial charge in [0.25, 0.3) is 0 Å². The number of aliphatic hydroxyl groups excluding tert-OH is 1. The molecule has 16 heavy (non-hydrogen) atoms. The van der Waals surface area contributed by atoms with Crippen molar-refractivity contribution in [1.29, 1.82) is 0 Å². The van der Waals surface area contributed by atoms with Crippen LogP contribution in [-0.2, 0) is 6.54 Å². The van der Waals surface area contributed by atoms with Crippen molar-refractivity contribution in [2.45, 2.75) is 44.4 Å². The van der Waals surface area contributed by atoms with Crippen molar-refractivity contribution in [2.24, 2.45) is 0 Å². The molecule has 2 N–H and O–H groups in total. The molecule has 1 aromatic carbocycles. The summed E-state index contributed by atoms with van der Waals surface area (Å²) in [7, 11) is 0. The first-order valence-corrected chi connectivity index (χ1v) is 6.70. The Bertz CT molecular complexity index is 342. The number of hydrogen-bond acceptors (Lipinski definition) is 2. The molecule has 1 saturated carbocycles. The van der Waals surface area contributed by atoms with E-state index in [2.05, 4.69) is 39.4 Å². The number of nitrogens with one attached hydrogen (secondary N) is 1. The van der Waals surface area contributed by atoms with Crippen molar-refractivity contribution < 1.29 is 5.11 Å². The molecule has 0 saturated heterocycles. The van der Waals surface area contributed by atoms with Crippen LogP contribution in [0.3, 0.4) is 0 Å². The second-order valence-electron chi connectivity index (χ2n) is 4.49. The third-order valence-electron chi connectivity index (χ3n) is 3.19. The first kappa shape index (κ1) is 12.1. The maximum atomic E-state index is 9.58. The molecule has 0 aromatic heterocycles. The first-order valence-electron chi connectivity index (χ1n) is 5.90. The summed E-state index contributed by atoms with van der Waals surface area (Å²) in [5, 5.41) is 13.1. The fourth-order valence-electron chi connectivity index (χ4n) is 2.25. The molecule has 2 nitrogen and oxygen atoms in total. The van der Waals surface area contributed by atoms with Crippen molar-refractivity contribution in [1.82, 2.24) is 5.32 Å². The van der Waals surface area contributed by atoms with Gasteiger partial charge in [-0.1, -0.05) is 34.1 Å². The molecule has 2 atom stereocenters. The Balaban J connectivity index is 1.85. The third-order valence-corrected chi connectivity index (χ3v) is 3.96. The molecule has 0 bridgehead atoms. The number of rotatable bonds is 3. The van der Waals surface area contributed by atoms with Gasteiger partial charge in [0.2, 0.25) is 0 Å². The topological polar surface area (TPSA) is 32.3 Å². The molecule has 2 rings (SSSR count). The Labute approximate surface area is 105 Å². The van der Waals surface area contributed by atoms with Crippen LogP contribution in [0.2, 0.25) is 0 Å². The van der Waals surface area contributed by atoms with Crippen LogP contribution in [0.15, 0.2) is 28.7 Å². The summed E-state index contributed by atoms with van der Waals surface area (Å²) in [4.78, 5) is 0. The monoisotopic (exact) mass is 283 g/mol. The zero-order valence-corrected chi connectivity index (χ0v) is 10.9. The lowest BCUT2D eigenvalue weighted by Crippen LogP contribution is -2.35. The quantitative estimate of drug-likeness (QED) is 0.894. The van der Waals surface area contributed by atoms with E-state index in [0.29, 0.717) is 6.04 Å². The molecule has 0 spiro atoms. The van der Waals surface area contributed by atoms with Crippen LogP contribution in [0.1, 0.15) is 31.2 Å². The summed E-state index contributed by atoms with van der Waals surface area (Å²) in [6.07, 6.45) is 4.07. The fraction of sp³-hybridized carbons (Fsp3) is 0.538. The maximum Gasteiger partial charge on any atom is 0.0555 e. The molecular formula is C13H18BrNO. The summed E-state index contributed by atoms with van der Waals surface area (Å²) in [6, 6.07) is 8.73. The molecule has 0 aliphatic heterocycles. The third kappa shape index (κ3) is 3.30. The van der Waals surface area contributed by atoms with Gasteiger partial charge in [0.15, 0.2) is 0 Å². The Morgan fingerprint density at radius 1 is 1.31 bits per heavy atom. The van der Waals surface area contributed by atoms with Crippen LogP contribution < -0.4 is 5.32 Å². The van der Waals surface area contributed by atoms with Crippen LogP contribution in [0.4, 0.5) is 0 Å². The standard InChI is InChI=1S/C13H18BrNO/c14-13-7-2-1-4-10(13)9-15-11-5-3-6-12(16)8-11/h1-2,4,7,11-12,15-16H,3,5-6,8-9H2. The molecule has 88 valence electrons. The lowest BCUT2D eigenvalue weighted by Gasteiger charge is -2.26. The molecular weight excluding hydrogens is 266 g/mol. The molecule has 0 amide bonds. The van der Waals surface area contributed by atoms with Gasteiger partial charge in [0.1, 0.15) is 0 Å². The van der Waals surface area contributed by atoms with Gasteiger partial charge < -0.3 is 10.4 Å². The van der Waals surface area contributed by atoms with Gasteiger partial charge in [-0.25, -0.2) is 0 Å². The van der Waals surface area contributed by atoms with E-state index in [1.54, 1.807) is 0 Å². The van der Waals surface area contributed by atoms with Crippen molar-refractivity contribution in [3.05, 3.63) is 34.3 Å². The number of hydrogen-bond donors (Lipinski definition) is 2. The van der Waals surface area contributed by atoms with Crippen molar-refractivity contribution in [3.8, 4) is 0 Å². The van der Waals surface area contributed by atoms with E-state index < -0.39 is 0 Å². The summed E-state index contributed by atoms with van der Waals surface area (Å²) >= 11 is 3.54. The van der Waals surface area contributed by atoms with Crippen LogP contribution in [0.5, 0.6) is 0 Å². The first-order chi connectivity index (χ1) is 7.75. The van der Waals surface area contributed by atoms with Gasteiger partial charge >= 0.3 is 0 Å². The van der Waals surface area contributed by atoms with Crippen LogP contribution >= 0.6 is 15.9 Å². The van der Waals surface area contributed by atoms with Gasteiger partial charge in [0, 0.05) is 17.1 Å². The minimum Gasteiger partial charge on any atom is -0.393 e. The van der Waals surface area contributed by atoms with Gasteiger partial charge in [-0.3, -0.25) is 0 Å². The Kier molecular flexibility index (Phi) is 4.38. The van der Waals surface area contributed by atoms with E-state index in [-0.39, 0.29) is 6.10 Å². The normalized spacial score (nSPS) is 25.6. The van der Waals surface area contributed by atoms with Crippen LogP contribution in [0, 0.1) is 0 Å². The molecule has 3 heteroatoms. The van der Waals surface area contributed by atoms with Crippen LogP contribution in [0.25, 0.3) is 0 Å². The largest absolute Gasteiger partial charge is 0.393 e. The average Bonchev–Trinajstić information content (AvgIpc) is 2.28. The smallest absolute Gasteiger partial charge is 0.0555 e. The molecule has 1 aromatic rings. The average molecular weight is 284 g/mol. The van der Waals surface area contributed by atoms with Gasteiger partial charge in [-0.15, -0.1) is 0 Å². The highest BCUT2D eigenvalue weighted by molar-refractivity contribution is 9.10. The molecule has 1 fully saturated rings. The Hall–Kier alpha value is -0.380. The zero-order valence-electron chi connectivity index (χ0n) is 9.32. The number of aliphatic hydroxyl groups is 1. The van der Waals surface area contributed by atoms with E-state index in [1.807, 2.05) is 6.07 Å². The SMILES string of the molecule is OC1CCCC(NCc2ccccc2Br)C1. The van der Waals surface area contributed by atoms with Crippen molar-refractivity contribution in [2.75, 3.05) is 0 Å². The van der Waals surface area contributed by atoms with Crippen molar-refractivity contribution >= 4 is 15.9 Å². The van der Waals surface area contributed by atoms with E-state index in [1.165, 1.54) is 12.0 Å². The highest BCUT2D eigenvalue weighted by Gasteiger charge is 2.19. The molecule has 0 radical (unpaired) electrons. The summed E-state index contributed by atoms with van der Waals surface area (Å²) in [5.74, 6) is 0. The highest BCUT2D eigenvalue weighted by atomic mass is 79.9. The minimum atomic E-state index is -0.106. The highest BCUT2D eigenvalue weighted by Crippen LogP contribution is 2.20. The maximum absolute atomic E-state index is 9.58. The lowest BCUT2D eigenvalue weighted by molar-refractivity contribution is 0.111. The van der Waals surface area contributed by atoms with Crippen LogP contribution in [-0.4, -0.2) is 17.3 Å². The summed E-state index contributed by atoms with van der Waals surface area (Å²) < 4.78 is 1.15. The Morgan fingerprint density at radius 2 is 2.12 bits per heavy atom. The lowest BCUT2D eigenvalue weighted by atomic mass is 9.93. The van der Waals surface area contributed by atoms with E-state index >= 15 is 0 Å². The molecule has 1 aliphatic carbocycles. The molecule has 2 unspecified atom stereocenters. The summed E-state index contributed by atoms with van der Waals surface area (Å²) in [5.41, 5.74) is 1.28. The van der Waals surface area contributed by atoms with Gasteiger partial charge in [-0.05, 0) is 37.3 Å². The van der Waals surface area contributed by atoms with Crippen molar-refractivity contribution in [3.63, 3.8) is 0 Å². The zero-order chi connectivity index (χ0) is 11.4. The fourth-order valence-corrected chi connectivity index (χ4v) is 2.67. The molecule has 1 aliphatic rings. The second kappa shape index (κ2) is 5.80. The number of halogens is 1. The predicted molar refractivity (Wildman–Crippen MR) is 69.2 cm³/mol. The minimum absolute atomic E-state index is 0.106. The van der Waals surface area contributed by atoms with E-state index in [0.717, 1.165) is 30.3 Å². The van der Waals surface area contributed by atoms with E-state index in [9.17, 15) is 5.11 Å². The molecule has 0 heterocycles. The number of benzene rings is 1. The predicted octanol–water partition coefficient (Wildman–Crippen LogP) is 2.84. The summed E-state index contributed by atoms with van der Waals surface area (Å²) in [6.45, 7) is 0.874. The van der Waals surface area contributed by atoms with Gasteiger partial charge in [-0.2, -0.15) is 0 Å². The second-order valence-corrected chi connectivity index (χ2v) is 5.34. The van der Waals surface area contributed by atoms with E-state index in [4.69, 9.17) is 0 Å².